The SMILES string of the molecule is CCOC(=O)COc1ccc(-c2csc(=S)[nH]2)cc1. The molecule has 4 nitrogen and oxygen atoms in total. The number of carbonyl (C=O) groups is 1. The highest BCUT2D eigenvalue weighted by Crippen LogP contribution is 2.22. The van der Waals surface area contributed by atoms with Gasteiger partial charge in [0.2, 0.25) is 0 Å². The Kier molecular flexibility index (Phi) is 4.70. The third kappa shape index (κ3) is 3.90. The van der Waals surface area contributed by atoms with Crippen LogP contribution in [0.3, 0.4) is 0 Å². The number of aromatic amines is 1. The first-order chi connectivity index (χ1) is 9.19. The number of hydrogen-bond acceptors (Lipinski definition) is 5. The number of benzene rings is 1. The highest BCUT2D eigenvalue weighted by molar-refractivity contribution is 7.73. The lowest BCUT2D eigenvalue weighted by atomic mass is 10.2. The average molecular weight is 295 g/mol. The first-order valence-corrected chi connectivity index (χ1v) is 7.04. The molecule has 0 spiro atoms. The van der Waals surface area contributed by atoms with Crippen molar-refractivity contribution < 1.29 is 14.3 Å². The molecule has 2 rings (SSSR count). The van der Waals surface area contributed by atoms with Crippen LogP contribution in [0.5, 0.6) is 5.75 Å². The predicted molar refractivity (Wildman–Crippen MR) is 77.1 cm³/mol. The molecule has 0 unspecified atom stereocenters. The molecule has 0 amide bonds. The van der Waals surface area contributed by atoms with E-state index in [-0.39, 0.29) is 12.6 Å². The van der Waals surface area contributed by atoms with E-state index in [1.807, 2.05) is 29.6 Å². The minimum absolute atomic E-state index is 0.0753. The van der Waals surface area contributed by atoms with E-state index >= 15 is 0 Å². The lowest BCUT2D eigenvalue weighted by molar-refractivity contribution is -0.145. The van der Waals surface area contributed by atoms with Crippen LogP contribution in [0.4, 0.5) is 0 Å². The van der Waals surface area contributed by atoms with Gasteiger partial charge in [0, 0.05) is 5.38 Å². The molecule has 1 aromatic heterocycles. The largest absolute Gasteiger partial charge is 0.482 e. The molecule has 0 saturated carbocycles. The van der Waals surface area contributed by atoms with Gasteiger partial charge < -0.3 is 14.5 Å². The number of thiazole rings is 1. The van der Waals surface area contributed by atoms with Gasteiger partial charge in [-0.3, -0.25) is 0 Å². The second-order valence-electron chi connectivity index (χ2n) is 3.68. The Hall–Kier alpha value is -1.66. The first kappa shape index (κ1) is 13.8. The molecule has 0 atom stereocenters. The molecule has 0 aliphatic carbocycles. The van der Waals surface area contributed by atoms with Crippen molar-refractivity contribution >= 4 is 29.5 Å². The highest BCUT2D eigenvalue weighted by Gasteiger charge is 2.04. The zero-order valence-corrected chi connectivity index (χ0v) is 12.0. The predicted octanol–water partition coefficient (Wildman–Crippen LogP) is 3.41. The van der Waals surface area contributed by atoms with Gasteiger partial charge in [-0.15, -0.1) is 11.3 Å². The summed E-state index contributed by atoms with van der Waals surface area (Å²) in [5, 5.41) is 1.97. The lowest BCUT2D eigenvalue weighted by Crippen LogP contribution is -2.14. The van der Waals surface area contributed by atoms with E-state index < -0.39 is 0 Å². The summed E-state index contributed by atoms with van der Waals surface area (Å²) in [6.45, 7) is 2.05. The van der Waals surface area contributed by atoms with Crippen LogP contribution in [-0.2, 0) is 9.53 Å². The Morgan fingerprint density at radius 3 is 2.68 bits per heavy atom. The number of carbonyl (C=O) groups excluding carboxylic acids is 1. The Balaban J connectivity index is 1.99. The Labute approximate surface area is 120 Å². The molecule has 0 bridgehead atoms. The van der Waals surface area contributed by atoms with Gasteiger partial charge >= 0.3 is 5.97 Å². The molecule has 19 heavy (non-hydrogen) atoms. The minimum atomic E-state index is -0.367. The van der Waals surface area contributed by atoms with E-state index in [4.69, 9.17) is 21.7 Å². The molecule has 0 aliphatic rings. The minimum Gasteiger partial charge on any atom is -0.482 e. The summed E-state index contributed by atoms with van der Waals surface area (Å²) in [4.78, 5) is 14.2. The maximum atomic E-state index is 11.1. The fraction of sp³-hybridized carbons (Fsp3) is 0.231. The van der Waals surface area contributed by atoms with Crippen molar-refractivity contribution in [2.24, 2.45) is 0 Å². The van der Waals surface area contributed by atoms with Gasteiger partial charge in [-0.1, -0.05) is 0 Å². The second-order valence-corrected chi connectivity index (χ2v) is 5.23. The van der Waals surface area contributed by atoms with Crippen molar-refractivity contribution in [1.82, 2.24) is 4.98 Å². The van der Waals surface area contributed by atoms with Gasteiger partial charge in [-0.05, 0) is 49.0 Å². The van der Waals surface area contributed by atoms with Crippen LogP contribution in [0.1, 0.15) is 6.92 Å². The normalized spacial score (nSPS) is 10.2. The van der Waals surface area contributed by atoms with Crippen LogP contribution < -0.4 is 4.74 Å². The van der Waals surface area contributed by atoms with Crippen LogP contribution >= 0.6 is 23.6 Å². The molecule has 1 aromatic carbocycles. The quantitative estimate of drug-likeness (QED) is 0.678. The standard InChI is InChI=1S/C13H13NO3S2/c1-2-16-12(15)7-17-10-5-3-9(4-6-10)11-8-19-13(18)14-11/h3-6,8H,2,7H2,1H3,(H,14,18). The number of ether oxygens (including phenoxy) is 2. The number of rotatable bonds is 5. The maximum absolute atomic E-state index is 11.1. The smallest absolute Gasteiger partial charge is 0.344 e. The maximum Gasteiger partial charge on any atom is 0.344 e. The number of esters is 1. The fourth-order valence-corrected chi connectivity index (χ4v) is 2.34. The van der Waals surface area contributed by atoms with Gasteiger partial charge in [0.25, 0.3) is 0 Å². The Morgan fingerprint density at radius 1 is 1.37 bits per heavy atom. The summed E-state index contributed by atoms with van der Waals surface area (Å²) in [5.41, 5.74) is 2.00. The average Bonchev–Trinajstić information content (AvgIpc) is 2.84. The van der Waals surface area contributed by atoms with Gasteiger partial charge in [0.05, 0.1) is 12.3 Å². The summed E-state index contributed by atoms with van der Waals surface area (Å²) in [7, 11) is 0. The van der Waals surface area contributed by atoms with E-state index in [0.717, 1.165) is 15.2 Å². The van der Waals surface area contributed by atoms with Crippen LogP contribution in [0.25, 0.3) is 11.3 Å². The van der Waals surface area contributed by atoms with Crippen LogP contribution in [0, 0.1) is 3.95 Å². The topological polar surface area (TPSA) is 51.3 Å². The van der Waals surface area contributed by atoms with E-state index in [2.05, 4.69) is 4.98 Å². The third-order valence-corrected chi connectivity index (χ3v) is 3.41. The molecule has 100 valence electrons. The fourth-order valence-electron chi connectivity index (χ4n) is 1.50. The van der Waals surface area contributed by atoms with Gasteiger partial charge in [-0.2, -0.15) is 0 Å². The Bertz CT molecular complexity index is 601. The summed E-state index contributed by atoms with van der Waals surface area (Å²) >= 11 is 6.53. The zero-order valence-electron chi connectivity index (χ0n) is 10.3. The van der Waals surface area contributed by atoms with E-state index in [1.54, 1.807) is 6.92 Å². The number of nitrogens with one attached hydrogen (secondary N) is 1. The van der Waals surface area contributed by atoms with E-state index in [9.17, 15) is 4.79 Å². The summed E-state index contributed by atoms with van der Waals surface area (Å²) < 4.78 is 10.8. The van der Waals surface area contributed by atoms with Gasteiger partial charge in [0.15, 0.2) is 10.6 Å². The molecular weight excluding hydrogens is 282 g/mol. The first-order valence-electron chi connectivity index (χ1n) is 5.75. The van der Waals surface area contributed by atoms with Gasteiger partial charge in [0.1, 0.15) is 5.75 Å². The van der Waals surface area contributed by atoms with Crippen molar-refractivity contribution in [1.29, 1.82) is 0 Å². The van der Waals surface area contributed by atoms with E-state index in [0.29, 0.717) is 12.4 Å². The van der Waals surface area contributed by atoms with Crippen molar-refractivity contribution in [2.75, 3.05) is 13.2 Å². The van der Waals surface area contributed by atoms with Crippen molar-refractivity contribution in [3.8, 4) is 17.0 Å². The van der Waals surface area contributed by atoms with Crippen LogP contribution in [0.2, 0.25) is 0 Å². The summed E-state index contributed by atoms with van der Waals surface area (Å²) in [6, 6.07) is 7.44. The molecule has 0 aliphatic heterocycles. The monoisotopic (exact) mass is 295 g/mol. The van der Waals surface area contributed by atoms with Crippen LogP contribution in [-0.4, -0.2) is 24.2 Å². The molecule has 0 saturated heterocycles. The zero-order chi connectivity index (χ0) is 13.7. The van der Waals surface area contributed by atoms with Gasteiger partial charge in [-0.25, -0.2) is 4.79 Å². The van der Waals surface area contributed by atoms with Crippen molar-refractivity contribution in [3.05, 3.63) is 33.6 Å². The molecule has 2 aromatic rings. The third-order valence-electron chi connectivity index (χ3n) is 2.35. The summed E-state index contributed by atoms with van der Waals surface area (Å²) in [6.07, 6.45) is 0. The molecule has 0 fully saturated rings. The lowest BCUT2D eigenvalue weighted by Gasteiger charge is -2.06. The highest BCUT2D eigenvalue weighted by atomic mass is 32.1. The number of aromatic nitrogens is 1. The van der Waals surface area contributed by atoms with E-state index in [1.165, 1.54) is 11.3 Å². The molecule has 0 radical (unpaired) electrons. The second kappa shape index (κ2) is 6.49. The van der Waals surface area contributed by atoms with Crippen LogP contribution in [0.15, 0.2) is 29.6 Å². The molecule has 6 heteroatoms. The molecule has 1 N–H and O–H groups in total. The van der Waals surface area contributed by atoms with Crippen molar-refractivity contribution in [2.45, 2.75) is 6.92 Å². The summed E-state index contributed by atoms with van der Waals surface area (Å²) in [5.74, 6) is 0.263. The molecule has 1 heterocycles. The Morgan fingerprint density at radius 2 is 2.11 bits per heavy atom. The number of H-pyrrole nitrogens is 1. The van der Waals surface area contributed by atoms with Crippen molar-refractivity contribution in [3.63, 3.8) is 0 Å². The number of hydrogen-bond donors (Lipinski definition) is 1. The molecular formula is C13H13NO3S2.